The molecule has 0 unspecified atom stereocenters. The molecule has 0 N–H and O–H groups in total. The Kier molecular flexibility index (Phi) is 13.7. The summed E-state index contributed by atoms with van der Waals surface area (Å²) < 4.78 is 11.1. The van der Waals surface area contributed by atoms with E-state index in [1.165, 1.54) is 25.9 Å². The topological polar surface area (TPSA) is 24.9 Å². The third-order valence-corrected chi connectivity index (χ3v) is 3.55. The van der Waals surface area contributed by atoms with Crippen molar-refractivity contribution in [2.75, 3.05) is 53.5 Å². The average molecular weight is 288 g/mol. The molecule has 0 fully saturated rings. The van der Waals surface area contributed by atoms with Gasteiger partial charge in [-0.25, -0.2) is 0 Å². The molecule has 0 radical (unpaired) electrons. The van der Waals surface area contributed by atoms with Crippen LogP contribution in [0.1, 0.15) is 46.5 Å². The molecule has 0 aliphatic carbocycles. The highest BCUT2D eigenvalue weighted by atomic mass is 16.7. The highest BCUT2D eigenvalue weighted by Gasteiger charge is 2.08. The molecule has 0 aromatic rings. The first-order valence-electron chi connectivity index (χ1n) is 8.24. The van der Waals surface area contributed by atoms with Crippen molar-refractivity contribution in [1.29, 1.82) is 0 Å². The summed E-state index contributed by atoms with van der Waals surface area (Å²) >= 11 is 0. The molecule has 0 saturated carbocycles. The van der Waals surface area contributed by atoms with Crippen LogP contribution in [0.25, 0.3) is 0 Å². The second-order valence-corrected chi connectivity index (χ2v) is 5.39. The van der Waals surface area contributed by atoms with Crippen molar-refractivity contribution in [2.45, 2.75) is 52.7 Å². The van der Waals surface area contributed by atoms with Gasteiger partial charge in [0.15, 0.2) is 6.29 Å². The molecule has 0 aromatic carbocycles. The molecule has 0 bridgehead atoms. The van der Waals surface area contributed by atoms with E-state index < -0.39 is 0 Å². The van der Waals surface area contributed by atoms with Gasteiger partial charge in [0.1, 0.15) is 0 Å². The van der Waals surface area contributed by atoms with E-state index in [4.69, 9.17) is 9.47 Å². The lowest BCUT2D eigenvalue weighted by Crippen LogP contribution is -2.25. The normalized spacial score (nSPS) is 12.0. The van der Waals surface area contributed by atoms with Crippen LogP contribution in [-0.4, -0.2) is 69.6 Å². The number of hydrogen-bond acceptors (Lipinski definition) is 4. The second-order valence-electron chi connectivity index (χ2n) is 5.39. The van der Waals surface area contributed by atoms with Gasteiger partial charge in [-0.1, -0.05) is 6.92 Å². The van der Waals surface area contributed by atoms with Crippen LogP contribution in [0.3, 0.4) is 0 Å². The van der Waals surface area contributed by atoms with Crippen LogP contribution in [0.5, 0.6) is 0 Å². The molecule has 0 spiro atoms. The quantitative estimate of drug-likeness (QED) is 0.362. The van der Waals surface area contributed by atoms with Gasteiger partial charge in [-0.15, -0.1) is 0 Å². The summed E-state index contributed by atoms with van der Waals surface area (Å²) in [5.41, 5.74) is 0. The fourth-order valence-electron chi connectivity index (χ4n) is 2.15. The van der Waals surface area contributed by atoms with Crippen LogP contribution in [0.4, 0.5) is 0 Å². The van der Waals surface area contributed by atoms with Crippen LogP contribution < -0.4 is 0 Å². The molecule has 0 aliphatic heterocycles. The van der Waals surface area contributed by atoms with E-state index in [1.807, 2.05) is 13.8 Å². The van der Waals surface area contributed by atoms with Gasteiger partial charge in [-0.3, -0.25) is 0 Å². The van der Waals surface area contributed by atoms with Gasteiger partial charge in [-0.2, -0.15) is 0 Å². The zero-order valence-corrected chi connectivity index (χ0v) is 14.4. The van der Waals surface area contributed by atoms with Gasteiger partial charge in [0.05, 0.1) is 0 Å². The smallest absolute Gasteiger partial charge is 0.157 e. The van der Waals surface area contributed by atoms with E-state index in [1.54, 1.807) is 0 Å². The molecule has 0 aromatic heterocycles. The largest absolute Gasteiger partial charge is 0.353 e. The summed E-state index contributed by atoms with van der Waals surface area (Å²) in [6.45, 7) is 12.4. The third-order valence-electron chi connectivity index (χ3n) is 3.55. The third kappa shape index (κ3) is 11.6. The molecule has 0 saturated heterocycles. The Bertz CT molecular complexity index is 197. The molecule has 4 heteroatoms. The predicted octanol–water partition coefficient (Wildman–Crippen LogP) is 2.83. The Morgan fingerprint density at radius 1 is 0.750 bits per heavy atom. The van der Waals surface area contributed by atoms with E-state index in [0.717, 1.165) is 39.1 Å². The summed E-state index contributed by atoms with van der Waals surface area (Å²) in [4.78, 5) is 4.79. The lowest BCUT2D eigenvalue weighted by Gasteiger charge is -2.20. The number of unbranched alkanes of at least 4 members (excludes halogenated alkanes) is 1. The molecule has 20 heavy (non-hydrogen) atoms. The van der Waals surface area contributed by atoms with E-state index in [9.17, 15) is 0 Å². The summed E-state index contributed by atoms with van der Waals surface area (Å²) in [5, 5.41) is 0. The monoisotopic (exact) mass is 288 g/mol. The Labute approximate surface area is 126 Å². The maximum atomic E-state index is 5.56. The Morgan fingerprint density at radius 2 is 1.25 bits per heavy atom. The molecular formula is C16H36N2O2. The SMILES string of the molecule is CCOC(CCCN(C)CCCCN(C)CC)OCC. The van der Waals surface area contributed by atoms with Crippen LogP contribution in [0.15, 0.2) is 0 Å². The molecule has 0 heterocycles. The highest BCUT2D eigenvalue weighted by Crippen LogP contribution is 2.06. The van der Waals surface area contributed by atoms with E-state index in [-0.39, 0.29) is 6.29 Å². The minimum atomic E-state index is -0.0170. The van der Waals surface area contributed by atoms with Gasteiger partial charge in [0, 0.05) is 13.2 Å². The maximum Gasteiger partial charge on any atom is 0.157 e. The van der Waals surface area contributed by atoms with Crippen molar-refractivity contribution in [3.63, 3.8) is 0 Å². The molecule has 122 valence electrons. The van der Waals surface area contributed by atoms with Gasteiger partial charge in [0.25, 0.3) is 0 Å². The first-order chi connectivity index (χ1) is 9.63. The number of nitrogens with zero attached hydrogens (tertiary/aromatic N) is 2. The van der Waals surface area contributed by atoms with Gasteiger partial charge >= 0.3 is 0 Å². The van der Waals surface area contributed by atoms with Crippen LogP contribution >= 0.6 is 0 Å². The Hall–Kier alpha value is -0.160. The van der Waals surface area contributed by atoms with Crippen LogP contribution in [-0.2, 0) is 9.47 Å². The standard InChI is InChI=1S/C16H36N2O2/c1-6-17(4)13-9-10-14-18(5)15-11-12-16(19-7-2)20-8-3/h16H,6-15H2,1-5H3. The van der Waals surface area contributed by atoms with Crippen LogP contribution in [0.2, 0.25) is 0 Å². The van der Waals surface area contributed by atoms with Crippen molar-refractivity contribution in [1.82, 2.24) is 9.80 Å². The summed E-state index contributed by atoms with van der Waals surface area (Å²) in [7, 11) is 4.39. The van der Waals surface area contributed by atoms with Crippen molar-refractivity contribution in [2.24, 2.45) is 0 Å². The molecule has 0 amide bonds. The molecular weight excluding hydrogens is 252 g/mol. The van der Waals surface area contributed by atoms with Crippen LogP contribution in [0, 0.1) is 0 Å². The lowest BCUT2D eigenvalue weighted by atomic mass is 10.2. The predicted molar refractivity (Wildman–Crippen MR) is 86.2 cm³/mol. The summed E-state index contributed by atoms with van der Waals surface area (Å²) in [6.07, 6.45) is 4.67. The molecule has 0 rings (SSSR count). The van der Waals surface area contributed by atoms with Gasteiger partial charge < -0.3 is 19.3 Å². The number of ether oxygens (including phenoxy) is 2. The average Bonchev–Trinajstić information content (AvgIpc) is 2.43. The summed E-state index contributed by atoms with van der Waals surface area (Å²) in [5.74, 6) is 0. The fraction of sp³-hybridized carbons (Fsp3) is 1.00. The molecule has 0 aliphatic rings. The molecule has 4 nitrogen and oxygen atoms in total. The lowest BCUT2D eigenvalue weighted by molar-refractivity contribution is -0.140. The Morgan fingerprint density at radius 3 is 1.75 bits per heavy atom. The minimum Gasteiger partial charge on any atom is -0.353 e. The first kappa shape index (κ1) is 19.8. The first-order valence-corrected chi connectivity index (χ1v) is 8.24. The van der Waals surface area contributed by atoms with Gasteiger partial charge in [-0.05, 0) is 79.8 Å². The highest BCUT2D eigenvalue weighted by molar-refractivity contribution is 4.56. The fourth-order valence-corrected chi connectivity index (χ4v) is 2.15. The Balaban J connectivity index is 3.53. The zero-order chi connectivity index (χ0) is 15.2. The van der Waals surface area contributed by atoms with Crippen molar-refractivity contribution in [3.05, 3.63) is 0 Å². The van der Waals surface area contributed by atoms with Crippen molar-refractivity contribution < 1.29 is 9.47 Å². The van der Waals surface area contributed by atoms with Crippen molar-refractivity contribution in [3.8, 4) is 0 Å². The maximum absolute atomic E-state index is 5.56. The summed E-state index contributed by atoms with van der Waals surface area (Å²) in [6, 6.07) is 0. The number of hydrogen-bond donors (Lipinski definition) is 0. The van der Waals surface area contributed by atoms with E-state index >= 15 is 0 Å². The molecule has 0 atom stereocenters. The second kappa shape index (κ2) is 13.8. The van der Waals surface area contributed by atoms with Gasteiger partial charge in [0.2, 0.25) is 0 Å². The minimum absolute atomic E-state index is 0.0170. The van der Waals surface area contributed by atoms with E-state index in [2.05, 4.69) is 30.8 Å². The number of rotatable bonds is 14. The van der Waals surface area contributed by atoms with E-state index in [0.29, 0.717) is 0 Å². The zero-order valence-electron chi connectivity index (χ0n) is 14.4. The van der Waals surface area contributed by atoms with Crippen molar-refractivity contribution >= 4 is 0 Å².